The van der Waals surface area contributed by atoms with E-state index in [1.54, 1.807) is 6.20 Å². The maximum atomic E-state index is 12.4. The molecule has 5 heteroatoms. The number of fused-ring (bicyclic) bond motifs is 1. The van der Waals surface area contributed by atoms with Gasteiger partial charge in [-0.05, 0) is 30.2 Å². The number of nitrogens with one attached hydrogen (secondary N) is 2. The van der Waals surface area contributed by atoms with Gasteiger partial charge < -0.3 is 15.1 Å². The molecule has 1 aromatic heterocycles. The van der Waals surface area contributed by atoms with Gasteiger partial charge in [0.1, 0.15) is 5.76 Å². The first kappa shape index (κ1) is 13.8. The predicted molar refractivity (Wildman–Crippen MR) is 78.9 cm³/mol. The van der Waals surface area contributed by atoms with Crippen molar-refractivity contribution in [1.82, 2.24) is 15.6 Å². The fraction of sp³-hybridized carbons (Fsp3) is 0.375. The second kappa shape index (κ2) is 6.10. The Kier molecular flexibility index (Phi) is 4.01. The highest BCUT2D eigenvalue weighted by molar-refractivity contribution is 5.96. The first-order valence-corrected chi connectivity index (χ1v) is 7.31. The van der Waals surface area contributed by atoms with Crippen LogP contribution in [0.2, 0.25) is 0 Å². The van der Waals surface area contributed by atoms with Gasteiger partial charge in [0.05, 0.1) is 12.7 Å². The standard InChI is InChI=1S/C16H19N3O2/c1-2-12-9-18-15(21-12)10-19-16(20)14-5-3-4-11-8-17-7-6-13(11)14/h3-5,9,17H,2,6-8,10H2,1H3,(H,19,20). The van der Waals surface area contributed by atoms with E-state index in [-0.39, 0.29) is 5.91 Å². The first-order chi connectivity index (χ1) is 10.3. The van der Waals surface area contributed by atoms with E-state index in [9.17, 15) is 4.79 Å². The number of oxazole rings is 1. The largest absolute Gasteiger partial charge is 0.444 e. The summed E-state index contributed by atoms with van der Waals surface area (Å²) in [5.41, 5.74) is 3.12. The van der Waals surface area contributed by atoms with Crippen LogP contribution in [0.25, 0.3) is 0 Å². The van der Waals surface area contributed by atoms with E-state index in [1.807, 2.05) is 19.1 Å². The van der Waals surface area contributed by atoms with Crippen LogP contribution in [0.5, 0.6) is 0 Å². The second-order valence-corrected chi connectivity index (χ2v) is 5.13. The number of benzene rings is 1. The van der Waals surface area contributed by atoms with Crippen molar-refractivity contribution in [2.75, 3.05) is 6.54 Å². The molecule has 1 amide bonds. The Morgan fingerprint density at radius 3 is 3.19 bits per heavy atom. The molecule has 1 aliphatic heterocycles. The zero-order valence-electron chi connectivity index (χ0n) is 12.1. The van der Waals surface area contributed by atoms with Crippen molar-refractivity contribution in [3.8, 4) is 0 Å². The number of nitrogens with zero attached hydrogens (tertiary/aromatic N) is 1. The molecule has 2 heterocycles. The number of carbonyl (C=O) groups excluding carboxylic acids is 1. The molecule has 0 fully saturated rings. The fourth-order valence-corrected chi connectivity index (χ4v) is 2.59. The predicted octanol–water partition coefficient (Wildman–Crippen LogP) is 1.81. The summed E-state index contributed by atoms with van der Waals surface area (Å²) in [6.45, 7) is 4.07. The van der Waals surface area contributed by atoms with Crippen LogP contribution in [-0.2, 0) is 25.9 Å². The molecule has 0 radical (unpaired) electrons. The molecular formula is C16H19N3O2. The van der Waals surface area contributed by atoms with Gasteiger partial charge in [0.25, 0.3) is 5.91 Å². The van der Waals surface area contributed by atoms with Crippen LogP contribution >= 0.6 is 0 Å². The molecule has 0 aliphatic carbocycles. The maximum Gasteiger partial charge on any atom is 0.252 e. The molecule has 21 heavy (non-hydrogen) atoms. The zero-order chi connectivity index (χ0) is 14.7. The van der Waals surface area contributed by atoms with Crippen LogP contribution in [0, 0.1) is 0 Å². The van der Waals surface area contributed by atoms with Gasteiger partial charge in [-0.2, -0.15) is 0 Å². The minimum absolute atomic E-state index is 0.0648. The first-order valence-electron chi connectivity index (χ1n) is 7.31. The number of aromatic nitrogens is 1. The van der Waals surface area contributed by atoms with Crippen molar-refractivity contribution < 1.29 is 9.21 Å². The summed E-state index contributed by atoms with van der Waals surface area (Å²) >= 11 is 0. The lowest BCUT2D eigenvalue weighted by Gasteiger charge is -2.19. The van der Waals surface area contributed by atoms with E-state index in [4.69, 9.17) is 4.42 Å². The van der Waals surface area contributed by atoms with Crippen LogP contribution in [0.3, 0.4) is 0 Å². The van der Waals surface area contributed by atoms with Crippen molar-refractivity contribution >= 4 is 5.91 Å². The highest BCUT2D eigenvalue weighted by Crippen LogP contribution is 2.18. The van der Waals surface area contributed by atoms with Crippen molar-refractivity contribution in [3.05, 3.63) is 52.7 Å². The average Bonchev–Trinajstić information content (AvgIpc) is 3.00. The summed E-state index contributed by atoms with van der Waals surface area (Å²) in [6.07, 6.45) is 3.40. The molecule has 0 unspecified atom stereocenters. The highest BCUT2D eigenvalue weighted by Gasteiger charge is 2.17. The van der Waals surface area contributed by atoms with Crippen LogP contribution in [0.15, 0.2) is 28.8 Å². The molecule has 0 atom stereocenters. The quantitative estimate of drug-likeness (QED) is 0.899. The van der Waals surface area contributed by atoms with Gasteiger partial charge in [-0.3, -0.25) is 4.79 Å². The molecule has 2 aromatic rings. The lowest BCUT2D eigenvalue weighted by molar-refractivity contribution is 0.0946. The van der Waals surface area contributed by atoms with E-state index >= 15 is 0 Å². The van der Waals surface area contributed by atoms with E-state index < -0.39 is 0 Å². The summed E-state index contributed by atoms with van der Waals surface area (Å²) < 4.78 is 5.50. The summed E-state index contributed by atoms with van der Waals surface area (Å²) in [5, 5.41) is 6.20. The summed E-state index contributed by atoms with van der Waals surface area (Å²) in [5.74, 6) is 1.32. The van der Waals surface area contributed by atoms with Crippen LogP contribution < -0.4 is 10.6 Å². The molecule has 3 rings (SSSR count). The Bertz CT molecular complexity index is 649. The SMILES string of the molecule is CCc1cnc(CNC(=O)c2cccc3c2CCNC3)o1. The summed E-state index contributed by atoms with van der Waals surface area (Å²) in [7, 11) is 0. The molecule has 110 valence electrons. The van der Waals surface area contributed by atoms with Crippen LogP contribution in [0.1, 0.15) is 40.1 Å². The Morgan fingerprint density at radius 1 is 1.48 bits per heavy atom. The van der Waals surface area contributed by atoms with Gasteiger partial charge in [0.2, 0.25) is 5.89 Å². The smallest absolute Gasteiger partial charge is 0.252 e. The van der Waals surface area contributed by atoms with Crippen molar-refractivity contribution in [3.63, 3.8) is 0 Å². The Balaban J connectivity index is 1.71. The third kappa shape index (κ3) is 2.97. The third-order valence-corrected chi connectivity index (χ3v) is 3.73. The molecule has 2 N–H and O–H groups in total. The molecule has 0 saturated carbocycles. The number of aryl methyl sites for hydroxylation is 1. The molecule has 0 bridgehead atoms. The fourth-order valence-electron chi connectivity index (χ4n) is 2.59. The van der Waals surface area contributed by atoms with Gasteiger partial charge >= 0.3 is 0 Å². The van der Waals surface area contributed by atoms with Crippen molar-refractivity contribution in [2.45, 2.75) is 32.9 Å². The van der Waals surface area contributed by atoms with E-state index in [0.29, 0.717) is 12.4 Å². The van der Waals surface area contributed by atoms with Gasteiger partial charge in [0, 0.05) is 18.5 Å². The van der Waals surface area contributed by atoms with Gasteiger partial charge in [-0.15, -0.1) is 0 Å². The van der Waals surface area contributed by atoms with Crippen LogP contribution in [0.4, 0.5) is 0 Å². The number of hydrogen-bond donors (Lipinski definition) is 2. The minimum atomic E-state index is -0.0648. The average molecular weight is 285 g/mol. The molecule has 1 aromatic carbocycles. The lowest BCUT2D eigenvalue weighted by Crippen LogP contribution is -2.29. The van der Waals surface area contributed by atoms with Gasteiger partial charge in [-0.1, -0.05) is 19.1 Å². The van der Waals surface area contributed by atoms with E-state index in [0.717, 1.165) is 42.8 Å². The van der Waals surface area contributed by atoms with Crippen molar-refractivity contribution in [2.24, 2.45) is 0 Å². The van der Waals surface area contributed by atoms with E-state index in [1.165, 1.54) is 5.56 Å². The summed E-state index contributed by atoms with van der Waals surface area (Å²) in [4.78, 5) is 16.5. The highest BCUT2D eigenvalue weighted by atomic mass is 16.4. The van der Waals surface area contributed by atoms with Gasteiger partial charge in [-0.25, -0.2) is 4.98 Å². The normalized spacial score (nSPS) is 13.8. The Hall–Kier alpha value is -2.14. The number of carbonyl (C=O) groups is 1. The number of hydrogen-bond acceptors (Lipinski definition) is 4. The maximum absolute atomic E-state index is 12.4. The second-order valence-electron chi connectivity index (χ2n) is 5.13. The number of rotatable bonds is 4. The van der Waals surface area contributed by atoms with Crippen molar-refractivity contribution in [1.29, 1.82) is 0 Å². The Morgan fingerprint density at radius 2 is 2.38 bits per heavy atom. The van der Waals surface area contributed by atoms with Crippen LogP contribution in [-0.4, -0.2) is 17.4 Å². The monoisotopic (exact) mass is 285 g/mol. The number of amides is 1. The topological polar surface area (TPSA) is 67.2 Å². The molecular weight excluding hydrogens is 266 g/mol. The van der Waals surface area contributed by atoms with Gasteiger partial charge in [0.15, 0.2) is 0 Å². The zero-order valence-corrected chi connectivity index (χ0v) is 12.1. The summed E-state index contributed by atoms with van der Waals surface area (Å²) in [6, 6.07) is 5.88. The third-order valence-electron chi connectivity index (χ3n) is 3.73. The lowest BCUT2D eigenvalue weighted by atomic mass is 9.95. The molecule has 0 saturated heterocycles. The Labute approximate surface area is 123 Å². The molecule has 0 spiro atoms. The van der Waals surface area contributed by atoms with E-state index in [2.05, 4.69) is 21.7 Å². The molecule has 5 nitrogen and oxygen atoms in total. The molecule has 1 aliphatic rings. The minimum Gasteiger partial charge on any atom is -0.444 e.